The lowest BCUT2D eigenvalue weighted by atomic mass is 10.2. The van der Waals surface area contributed by atoms with Crippen LogP contribution in [0.3, 0.4) is 0 Å². The lowest BCUT2D eigenvalue weighted by Gasteiger charge is -2.08. The average molecular weight is 365 g/mol. The lowest BCUT2D eigenvalue weighted by molar-refractivity contribution is 0.468. The number of fused-ring (bicyclic) bond motifs is 1. The molecule has 0 spiro atoms. The number of thiophene rings is 1. The molecule has 0 unspecified atom stereocenters. The van der Waals surface area contributed by atoms with Gasteiger partial charge in [-0.15, -0.1) is 11.3 Å². The first kappa shape index (κ1) is 14.2. The van der Waals surface area contributed by atoms with Crippen molar-refractivity contribution in [3.05, 3.63) is 39.2 Å². The van der Waals surface area contributed by atoms with Crippen molar-refractivity contribution in [3.63, 3.8) is 0 Å². The molecule has 0 bridgehead atoms. The van der Waals surface area contributed by atoms with Gasteiger partial charge in [-0.3, -0.25) is 5.43 Å². The normalized spacial score (nSPS) is 10.9. The summed E-state index contributed by atoms with van der Waals surface area (Å²) >= 11 is 5.05. The maximum Gasteiger partial charge on any atom is 0.241 e. The Kier molecular flexibility index (Phi) is 3.79. The fraction of sp³-hybridized carbons (Fsp3) is 0.143. The second kappa shape index (κ2) is 5.59. The Hall–Kier alpha value is -1.70. The van der Waals surface area contributed by atoms with Crippen LogP contribution in [-0.2, 0) is 0 Å². The number of nitrogens with zero attached hydrogens (tertiary/aromatic N) is 2. The minimum absolute atomic E-state index is 0.341. The lowest BCUT2D eigenvalue weighted by Crippen LogP contribution is -2.10. The summed E-state index contributed by atoms with van der Waals surface area (Å²) in [6, 6.07) is 7.80. The number of nitrogens with two attached hydrogens (primary N) is 1. The molecule has 0 atom stereocenters. The Bertz CT molecular complexity index is 818. The van der Waals surface area contributed by atoms with Crippen molar-refractivity contribution >= 4 is 43.4 Å². The highest BCUT2D eigenvalue weighted by Gasteiger charge is 2.12. The third-order valence-corrected chi connectivity index (χ3v) is 4.79. The monoisotopic (exact) mass is 364 g/mol. The van der Waals surface area contributed by atoms with Crippen LogP contribution < -0.4 is 16.0 Å². The van der Waals surface area contributed by atoms with E-state index in [0.29, 0.717) is 11.8 Å². The van der Waals surface area contributed by atoms with Gasteiger partial charge in [-0.25, -0.2) is 10.8 Å². The number of hydrogen-bond donors (Lipinski definition) is 2. The van der Waals surface area contributed by atoms with E-state index in [4.69, 9.17) is 10.6 Å². The molecule has 0 radical (unpaired) electrons. The van der Waals surface area contributed by atoms with E-state index in [2.05, 4.69) is 31.3 Å². The Morgan fingerprint density at radius 1 is 1.24 bits per heavy atom. The molecule has 21 heavy (non-hydrogen) atoms. The SMILES string of the molecule is Cc1cc2c(Oc3ccc(Br)c(C)c3)nc(NN)nc2s1. The molecule has 0 fully saturated rings. The summed E-state index contributed by atoms with van der Waals surface area (Å²) in [5, 5.41) is 0.886. The third-order valence-electron chi connectivity index (χ3n) is 2.95. The van der Waals surface area contributed by atoms with E-state index < -0.39 is 0 Å². The first-order chi connectivity index (χ1) is 10.1. The van der Waals surface area contributed by atoms with Gasteiger partial charge in [-0.05, 0) is 43.7 Å². The van der Waals surface area contributed by atoms with Crippen molar-refractivity contribution in [3.8, 4) is 11.6 Å². The number of rotatable bonds is 3. The molecule has 0 amide bonds. The predicted octanol–water partition coefficient (Wildman–Crippen LogP) is 4.15. The zero-order valence-electron chi connectivity index (χ0n) is 11.5. The number of anilines is 1. The van der Waals surface area contributed by atoms with E-state index in [1.807, 2.05) is 38.1 Å². The van der Waals surface area contributed by atoms with E-state index in [1.165, 1.54) is 0 Å². The summed E-state index contributed by atoms with van der Waals surface area (Å²) < 4.78 is 6.96. The van der Waals surface area contributed by atoms with Crippen molar-refractivity contribution in [2.24, 2.45) is 5.84 Å². The van der Waals surface area contributed by atoms with E-state index >= 15 is 0 Å². The Morgan fingerprint density at radius 2 is 2.05 bits per heavy atom. The molecule has 7 heteroatoms. The van der Waals surface area contributed by atoms with E-state index in [0.717, 1.165) is 30.9 Å². The highest BCUT2D eigenvalue weighted by molar-refractivity contribution is 9.10. The van der Waals surface area contributed by atoms with Crippen LogP contribution in [0.25, 0.3) is 10.2 Å². The molecule has 0 aliphatic rings. The number of halogens is 1. The van der Waals surface area contributed by atoms with Crippen LogP contribution in [-0.4, -0.2) is 9.97 Å². The quantitative estimate of drug-likeness (QED) is 0.539. The number of nitrogens with one attached hydrogen (secondary N) is 1. The number of ether oxygens (including phenoxy) is 1. The summed E-state index contributed by atoms with van der Waals surface area (Å²) in [6.45, 7) is 4.03. The van der Waals surface area contributed by atoms with Gasteiger partial charge in [0, 0.05) is 9.35 Å². The minimum atomic E-state index is 0.341. The van der Waals surface area contributed by atoms with Crippen LogP contribution in [0.2, 0.25) is 0 Å². The van der Waals surface area contributed by atoms with Crippen molar-refractivity contribution in [2.45, 2.75) is 13.8 Å². The Morgan fingerprint density at radius 3 is 2.76 bits per heavy atom. The van der Waals surface area contributed by atoms with Crippen molar-refractivity contribution in [1.29, 1.82) is 0 Å². The maximum absolute atomic E-state index is 5.92. The van der Waals surface area contributed by atoms with Gasteiger partial charge in [0.15, 0.2) is 0 Å². The van der Waals surface area contributed by atoms with Gasteiger partial charge in [0.25, 0.3) is 0 Å². The number of nitrogen functional groups attached to an aromatic ring is 1. The van der Waals surface area contributed by atoms with Gasteiger partial charge in [0.05, 0.1) is 5.39 Å². The Labute approximate surface area is 134 Å². The fourth-order valence-corrected chi connectivity index (χ4v) is 3.07. The highest BCUT2D eigenvalue weighted by Crippen LogP contribution is 2.34. The number of benzene rings is 1. The fourth-order valence-electron chi connectivity index (χ4n) is 1.95. The van der Waals surface area contributed by atoms with Crippen molar-refractivity contribution < 1.29 is 4.74 Å². The second-order valence-electron chi connectivity index (χ2n) is 4.59. The number of aromatic nitrogens is 2. The second-order valence-corrected chi connectivity index (χ2v) is 6.67. The number of hydrogen-bond acceptors (Lipinski definition) is 6. The molecule has 0 aliphatic heterocycles. The van der Waals surface area contributed by atoms with Gasteiger partial charge in [-0.2, -0.15) is 4.98 Å². The molecular weight excluding hydrogens is 352 g/mol. The van der Waals surface area contributed by atoms with E-state index in [-0.39, 0.29) is 0 Å². The van der Waals surface area contributed by atoms with Gasteiger partial charge in [-0.1, -0.05) is 15.9 Å². The van der Waals surface area contributed by atoms with Crippen molar-refractivity contribution in [2.75, 3.05) is 5.43 Å². The summed E-state index contributed by atoms with van der Waals surface area (Å²) in [6.07, 6.45) is 0. The highest BCUT2D eigenvalue weighted by atomic mass is 79.9. The Balaban J connectivity index is 2.07. The van der Waals surface area contributed by atoms with Gasteiger partial charge in [0.2, 0.25) is 11.8 Å². The van der Waals surface area contributed by atoms with Crippen LogP contribution in [0.5, 0.6) is 11.6 Å². The van der Waals surface area contributed by atoms with E-state index in [9.17, 15) is 0 Å². The zero-order valence-corrected chi connectivity index (χ0v) is 13.9. The molecule has 2 aromatic heterocycles. The van der Waals surface area contributed by atoms with Gasteiger partial charge < -0.3 is 4.74 Å². The predicted molar refractivity (Wildman–Crippen MR) is 88.9 cm³/mol. The standard InChI is InChI=1S/C14H13BrN4OS/c1-7-5-9(3-4-11(7)15)20-12-10-6-8(2)21-13(10)18-14(17-12)19-16/h3-6H,16H2,1-2H3,(H,17,18,19). The smallest absolute Gasteiger partial charge is 0.241 e. The molecule has 0 saturated carbocycles. The molecule has 1 aromatic carbocycles. The van der Waals surface area contributed by atoms with E-state index in [1.54, 1.807) is 11.3 Å². The van der Waals surface area contributed by atoms with Gasteiger partial charge in [0.1, 0.15) is 10.6 Å². The topological polar surface area (TPSA) is 73.1 Å². The molecule has 3 rings (SSSR count). The molecule has 5 nitrogen and oxygen atoms in total. The first-order valence-corrected chi connectivity index (χ1v) is 7.86. The molecule has 0 aliphatic carbocycles. The zero-order chi connectivity index (χ0) is 15.0. The number of hydrazine groups is 1. The molecule has 3 N–H and O–H groups in total. The summed E-state index contributed by atoms with van der Waals surface area (Å²) in [7, 11) is 0. The summed E-state index contributed by atoms with van der Waals surface area (Å²) in [5.74, 6) is 6.99. The van der Waals surface area contributed by atoms with Crippen LogP contribution in [0.4, 0.5) is 5.95 Å². The molecular formula is C14H13BrN4OS. The van der Waals surface area contributed by atoms with Crippen molar-refractivity contribution in [1.82, 2.24) is 9.97 Å². The minimum Gasteiger partial charge on any atom is -0.438 e. The largest absolute Gasteiger partial charge is 0.438 e. The molecule has 108 valence electrons. The van der Waals surface area contributed by atoms with Crippen LogP contribution >= 0.6 is 27.3 Å². The maximum atomic E-state index is 5.92. The summed E-state index contributed by atoms with van der Waals surface area (Å²) in [4.78, 5) is 10.6. The summed E-state index contributed by atoms with van der Waals surface area (Å²) in [5.41, 5.74) is 3.57. The average Bonchev–Trinajstić information content (AvgIpc) is 2.83. The van der Waals surface area contributed by atoms with Crippen LogP contribution in [0.15, 0.2) is 28.7 Å². The van der Waals surface area contributed by atoms with Crippen LogP contribution in [0.1, 0.15) is 10.4 Å². The first-order valence-electron chi connectivity index (χ1n) is 6.25. The van der Waals surface area contributed by atoms with Crippen LogP contribution in [0, 0.1) is 13.8 Å². The number of aryl methyl sites for hydroxylation is 2. The third kappa shape index (κ3) is 2.85. The van der Waals surface area contributed by atoms with Gasteiger partial charge >= 0.3 is 0 Å². The molecule has 2 heterocycles. The molecule has 0 saturated heterocycles. The molecule has 3 aromatic rings.